The summed E-state index contributed by atoms with van der Waals surface area (Å²) >= 11 is 0. The third kappa shape index (κ3) is 4.19. The summed E-state index contributed by atoms with van der Waals surface area (Å²) in [5.41, 5.74) is 2.61. The normalized spacial score (nSPS) is 15.2. The summed E-state index contributed by atoms with van der Waals surface area (Å²) in [7, 11) is 0. The van der Waals surface area contributed by atoms with Crippen LogP contribution in [0.1, 0.15) is 42.3 Å². The zero-order valence-electron chi connectivity index (χ0n) is 15.7. The Hall–Kier alpha value is -3.08. The van der Waals surface area contributed by atoms with E-state index in [0.717, 1.165) is 12.0 Å². The lowest BCUT2D eigenvalue weighted by Gasteiger charge is -2.13. The molecule has 0 amide bonds. The summed E-state index contributed by atoms with van der Waals surface area (Å²) < 4.78 is 16.2. The van der Waals surface area contributed by atoms with Crippen LogP contribution in [0, 0.1) is 0 Å². The van der Waals surface area contributed by atoms with Gasteiger partial charge in [0.15, 0.2) is 11.9 Å². The zero-order chi connectivity index (χ0) is 19.4. The van der Waals surface area contributed by atoms with Crippen molar-refractivity contribution in [2.75, 3.05) is 6.61 Å². The van der Waals surface area contributed by atoms with Gasteiger partial charge in [-0.1, -0.05) is 31.2 Å². The van der Waals surface area contributed by atoms with Crippen molar-refractivity contribution >= 4 is 17.8 Å². The molecule has 5 nitrogen and oxygen atoms in total. The summed E-state index contributed by atoms with van der Waals surface area (Å²) in [6.45, 7) is 5.74. The second-order valence-corrected chi connectivity index (χ2v) is 6.21. The number of Topliss-reactive ketones (excluding diaryl/α,β-unsaturated/α-hetero) is 1. The maximum Gasteiger partial charge on any atom is 0.347 e. The van der Waals surface area contributed by atoms with Gasteiger partial charge in [-0.3, -0.25) is 4.79 Å². The molecular weight excluding hydrogens is 344 g/mol. The van der Waals surface area contributed by atoms with E-state index in [0.29, 0.717) is 23.7 Å². The van der Waals surface area contributed by atoms with Crippen molar-refractivity contribution in [3.05, 3.63) is 64.9 Å². The summed E-state index contributed by atoms with van der Waals surface area (Å²) in [5, 5.41) is 0. The zero-order valence-corrected chi connectivity index (χ0v) is 15.7. The number of hydrogen-bond acceptors (Lipinski definition) is 5. The van der Waals surface area contributed by atoms with Crippen LogP contribution in [0.5, 0.6) is 11.5 Å². The van der Waals surface area contributed by atoms with Crippen molar-refractivity contribution in [2.24, 2.45) is 0 Å². The maximum atomic E-state index is 12.5. The topological polar surface area (TPSA) is 61.8 Å². The lowest BCUT2D eigenvalue weighted by molar-refractivity contribution is -0.150. The van der Waals surface area contributed by atoms with Crippen LogP contribution in [0.3, 0.4) is 0 Å². The lowest BCUT2D eigenvalue weighted by Crippen LogP contribution is -2.26. The Morgan fingerprint density at radius 3 is 2.56 bits per heavy atom. The quantitative estimate of drug-likeness (QED) is 0.566. The van der Waals surface area contributed by atoms with E-state index in [1.54, 1.807) is 38.1 Å². The summed E-state index contributed by atoms with van der Waals surface area (Å²) in [4.78, 5) is 24.2. The molecule has 0 saturated carbocycles. The number of benzene rings is 2. The van der Waals surface area contributed by atoms with E-state index in [-0.39, 0.29) is 11.5 Å². The molecule has 1 aliphatic heterocycles. The molecule has 2 aromatic rings. The number of esters is 1. The fourth-order valence-electron chi connectivity index (χ4n) is 2.75. The number of carbonyl (C=O) groups excluding carboxylic acids is 2. The van der Waals surface area contributed by atoms with Gasteiger partial charge in [-0.25, -0.2) is 4.79 Å². The van der Waals surface area contributed by atoms with Crippen LogP contribution in [-0.2, 0) is 16.0 Å². The van der Waals surface area contributed by atoms with Gasteiger partial charge in [0.25, 0.3) is 0 Å². The molecule has 0 fully saturated rings. The van der Waals surface area contributed by atoms with E-state index in [9.17, 15) is 9.59 Å². The number of aryl methyl sites for hydroxylation is 1. The highest BCUT2D eigenvalue weighted by Gasteiger charge is 2.28. The minimum atomic E-state index is -0.743. The van der Waals surface area contributed by atoms with Crippen LogP contribution in [0.4, 0.5) is 0 Å². The highest BCUT2D eigenvalue weighted by atomic mass is 16.6. The molecule has 0 radical (unpaired) electrons. The molecule has 0 spiro atoms. The van der Waals surface area contributed by atoms with Crippen molar-refractivity contribution in [2.45, 2.75) is 33.3 Å². The summed E-state index contributed by atoms with van der Waals surface area (Å²) in [5.74, 6) is 0.520. The number of hydrogen-bond donors (Lipinski definition) is 0. The van der Waals surface area contributed by atoms with E-state index < -0.39 is 12.1 Å². The van der Waals surface area contributed by atoms with Gasteiger partial charge in [0, 0.05) is 6.07 Å². The Morgan fingerprint density at radius 1 is 1.15 bits per heavy atom. The first kappa shape index (κ1) is 18.7. The molecule has 1 atom stereocenters. The van der Waals surface area contributed by atoms with Crippen molar-refractivity contribution in [1.29, 1.82) is 0 Å². The van der Waals surface area contributed by atoms with E-state index in [2.05, 4.69) is 6.92 Å². The summed E-state index contributed by atoms with van der Waals surface area (Å²) in [6.07, 6.45) is 1.95. The molecule has 0 unspecified atom stereocenters. The Bertz CT molecular complexity index is 880. The molecule has 27 heavy (non-hydrogen) atoms. The van der Waals surface area contributed by atoms with Crippen LogP contribution in [0.25, 0.3) is 6.08 Å². The molecule has 140 valence electrons. The lowest BCUT2D eigenvalue weighted by atomic mass is 10.1. The average Bonchev–Trinajstić information content (AvgIpc) is 2.97. The van der Waals surface area contributed by atoms with Crippen LogP contribution in [0.15, 0.2) is 48.2 Å². The average molecular weight is 366 g/mol. The predicted octanol–water partition coefficient (Wildman–Crippen LogP) is 4.20. The molecule has 0 N–H and O–H groups in total. The molecule has 0 aliphatic carbocycles. The SMILES string of the molecule is CCOC(=O)[C@H](C)Oc1ccc2c(c1)O/C(=C\c1ccc(CC)cc1)C2=O. The van der Waals surface area contributed by atoms with Gasteiger partial charge in [0.1, 0.15) is 11.5 Å². The van der Waals surface area contributed by atoms with Crippen molar-refractivity contribution in [1.82, 2.24) is 0 Å². The molecular formula is C22H22O5. The monoisotopic (exact) mass is 366 g/mol. The third-order valence-corrected chi connectivity index (χ3v) is 4.26. The number of rotatable bonds is 6. The van der Waals surface area contributed by atoms with E-state index in [4.69, 9.17) is 14.2 Å². The van der Waals surface area contributed by atoms with Crippen molar-refractivity contribution in [3.8, 4) is 11.5 Å². The highest BCUT2D eigenvalue weighted by molar-refractivity contribution is 6.14. The minimum absolute atomic E-state index is 0.172. The summed E-state index contributed by atoms with van der Waals surface area (Å²) in [6, 6.07) is 12.9. The van der Waals surface area contributed by atoms with Gasteiger partial charge in [-0.05, 0) is 49.6 Å². The standard InChI is InChI=1S/C22H22O5/c1-4-15-6-8-16(9-7-15)12-20-21(23)18-11-10-17(13-19(18)27-20)26-14(3)22(24)25-5-2/h6-14H,4-5H2,1-3H3/b20-12-/t14-/m0/s1. The molecule has 1 heterocycles. The number of ether oxygens (including phenoxy) is 3. The third-order valence-electron chi connectivity index (χ3n) is 4.26. The fourth-order valence-corrected chi connectivity index (χ4v) is 2.75. The number of carbonyl (C=O) groups is 2. The maximum absolute atomic E-state index is 12.5. The second kappa shape index (κ2) is 8.08. The highest BCUT2D eigenvalue weighted by Crippen LogP contribution is 2.35. The van der Waals surface area contributed by atoms with Crippen LogP contribution < -0.4 is 9.47 Å². The Kier molecular flexibility index (Phi) is 5.60. The van der Waals surface area contributed by atoms with Gasteiger partial charge >= 0.3 is 5.97 Å². The minimum Gasteiger partial charge on any atom is -0.479 e. The number of allylic oxidation sites excluding steroid dienone is 1. The smallest absolute Gasteiger partial charge is 0.347 e. The molecule has 3 rings (SSSR count). The van der Waals surface area contributed by atoms with E-state index in [1.807, 2.05) is 24.3 Å². The van der Waals surface area contributed by atoms with Crippen molar-refractivity contribution in [3.63, 3.8) is 0 Å². The van der Waals surface area contributed by atoms with Gasteiger partial charge in [0.05, 0.1) is 12.2 Å². The molecule has 0 bridgehead atoms. The molecule has 2 aromatic carbocycles. The van der Waals surface area contributed by atoms with Gasteiger partial charge in [-0.15, -0.1) is 0 Å². The van der Waals surface area contributed by atoms with Crippen LogP contribution in [-0.4, -0.2) is 24.5 Å². The Labute approximate surface area is 158 Å². The first-order valence-corrected chi connectivity index (χ1v) is 9.02. The Balaban J connectivity index is 1.76. The Morgan fingerprint density at radius 2 is 1.89 bits per heavy atom. The first-order valence-electron chi connectivity index (χ1n) is 9.02. The van der Waals surface area contributed by atoms with Crippen LogP contribution >= 0.6 is 0 Å². The van der Waals surface area contributed by atoms with Gasteiger partial charge in [0.2, 0.25) is 5.78 Å². The van der Waals surface area contributed by atoms with Crippen molar-refractivity contribution < 1.29 is 23.8 Å². The number of fused-ring (bicyclic) bond motifs is 1. The first-order chi connectivity index (χ1) is 13.0. The van der Waals surface area contributed by atoms with Gasteiger partial charge in [-0.2, -0.15) is 0 Å². The molecule has 5 heteroatoms. The molecule has 0 aromatic heterocycles. The van der Waals surface area contributed by atoms with Crippen LogP contribution in [0.2, 0.25) is 0 Å². The van der Waals surface area contributed by atoms with E-state index >= 15 is 0 Å². The second-order valence-electron chi connectivity index (χ2n) is 6.21. The van der Waals surface area contributed by atoms with Gasteiger partial charge < -0.3 is 14.2 Å². The molecule has 1 aliphatic rings. The van der Waals surface area contributed by atoms with E-state index in [1.165, 1.54) is 5.56 Å². The number of ketones is 1. The molecule has 0 saturated heterocycles. The fraction of sp³-hybridized carbons (Fsp3) is 0.273. The predicted molar refractivity (Wildman–Crippen MR) is 102 cm³/mol. The largest absolute Gasteiger partial charge is 0.479 e.